The Bertz CT molecular complexity index is 1280. The molecule has 5 aliphatic rings. The fraction of sp³-hybridized carbons (Fsp3) is 0.625. The lowest BCUT2D eigenvalue weighted by Crippen LogP contribution is -2.66. The van der Waals surface area contributed by atoms with Crippen molar-refractivity contribution in [2.45, 2.75) is 77.2 Å². The van der Waals surface area contributed by atoms with Gasteiger partial charge in [0.15, 0.2) is 17.5 Å². The molecule has 5 aliphatic carbocycles. The first-order valence-electron chi connectivity index (χ1n) is 14.4. The molecule has 1 aromatic rings. The van der Waals surface area contributed by atoms with Crippen LogP contribution < -0.4 is 0 Å². The normalized spacial score (nSPS) is 41.6. The van der Waals surface area contributed by atoms with Gasteiger partial charge in [-0.05, 0) is 78.0 Å². The van der Waals surface area contributed by atoms with Gasteiger partial charge < -0.3 is 25.0 Å². The van der Waals surface area contributed by atoms with Crippen LogP contribution >= 0.6 is 0 Å². The second-order valence-electron chi connectivity index (χ2n) is 13.3. The minimum absolute atomic E-state index is 0.0388. The zero-order valence-electron chi connectivity index (χ0n) is 23.6. The van der Waals surface area contributed by atoms with E-state index in [9.17, 15) is 24.9 Å². The highest BCUT2D eigenvalue weighted by Gasteiger charge is 2.76. The Morgan fingerprint density at radius 2 is 1.95 bits per heavy atom. The molecule has 1 aromatic carbocycles. The van der Waals surface area contributed by atoms with Crippen LogP contribution in [0.2, 0.25) is 0 Å². The summed E-state index contributed by atoms with van der Waals surface area (Å²) in [6.07, 6.45) is 3.49. The summed E-state index contributed by atoms with van der Waals surface area (Å²) in [6.45, 7) is 7.56. The van der Waals surface area contributed by atoms with Gasteiger partial charge >= 0.3 is 6.09 Å². The Balaban J connectivity index is 1.38. The van der Waals surface area contributed by atoms with Crippen molar-refractivity contribution >= 4 is 11.9 Å². The lowest BCUT2D eigenvalue weighted by Gasteiger charge is -2.49. The molecular weight excluding hydrogens is 494 g/mol. The van der Waals surface area contributed by atoms with Crippen molar-refractivity contribution in [3.8, 4) is 0 Å². The SMILES string of the molecule is CC1=CC23C(=O)[C@@H](C=C(CO)[C@@H](O)[C@]2(O)[C@H]1OC(=O)N(C)C1CCCc2ccccc21)[C@H]1[C@@H](CC3C)C1(C)C. The van der Waals surface area contributed by atoms with Crippen LogP contribution in [-0.4, -0.2) is 63.6 Å². The first kappa shape index (κ1) is 26.7. The zero-order chi connectivity index (χ0) is 28.1. The van der Waals surface area contributed by atoms with E-state index in [1.165, 1.54) is 5.56 Å². The van der Waals surface area contributed by atoms with Crippen LogP contribution in [0.1, 0.15) is 64.1 Å². The maximum absolute atomic E-state index is 14.5. The number of carbonyl (C=O) groups excluding carboxylic acids is 2. The fourth-order valence-electron chi connectivity index (χ4n) is 9.04. The van der Waals surface area contributed by atoms with E-state index >= 15 is 0 Å². The molecule has 2 saturated carbocycles. The van der Waals surface area contributed by atoms with Crippen LogP contribution in [0.4, 0.5) is 4.79 Å². The number of carbonyl (C=O) groups is 2. The lowest BCUT2D eigenvalue weighted by molar-refractivity contribution is -0.191. The molecule has 3 N–H and O–H groups in total. The first-order chi connectivity index (χ1) is 18.4. The summed E-state index contributed by atoms with van der Waals surface area (Å²) >= 11 is 0. The van der Waals surface area contributed by atoms with Crippen molar-refractivity contribution in [3.63, 3.8) is 0 Å². The molecule has 3 unspecified atom stereocenters. The molecule has 39 heavy (non-hydrogen) atoms. The molecule has 0 aromatic heterocycles. The van der Waals surface area contributed by atoms with Crippen molar-refractivity contribution < 1.29 is 29.6 Å². The highest BCUT2D eigenvalue weighted by molar-refractivity contribution is 5.95. The first-order valence-corrected chi connectivity index (χ1v) is 14.4. The Kier molecular flexibility index (Phi) is 6.00. The number of Topliss-reactive ketones (excluding diaryl/α,β-unsaturated/α-hetero) is 1. The molecule has 2 bridgehead atoms. The largest absolute Gasteiger partial charge is 0.438 e. The Labute approximate surface area is 230 Å². The summed E-state index contributed by atoms with van der Waals surface area (Å²) in [7, 11) is 1.70. The highest BCUT2D eigenvalue weighted by Crippen LogP contribution is 2.71. The van der Waals surface area contributed by atoms with Crippen LogP contribution in [0.25, 0.3) is 0 Å². The summed E-state index contributed by atoms with van der Waals surface area (Å²) in [6, 6.07) is 7.94. The number of amides is 1. The topological polar surface area (TPSA) is 107 Å². The average Bonchev–Trinajstić information content (AvgIpc) is 3.41. The molecule has 1 amide bonds. The van der Waals surface area contributed by atoms with E-state index in [1.54, 1.807) is 31.0 Å². The fourth-order valence-corrected chi connectivity index (χ4v) is 9.04. The van der Waals surface area contributed by atoms with E-state index in [1.807, 2.05) is 25.1 Å². The van der Waals surface area contributed by atoms with E-state index in [0.717, 1.165) is 31.2 Å². The quantitative estimate of drug-likeness (QED) is 0.506. The van der Waals surface area contributed by atoms with Crippen molar-refractivity contribution in [2.75, 3.05) is 13.7 Å². The van der Waals surface area contributed by atoms with Crippen LogP contribution in [0.5, 0.6) is 0 Å². The zero-order valence-corrected chi connectivity index (χ0v) is 23.6. The Morgan fingerprint density at radius 1 is 1.23 bits per heavy atom. The van der Waals surface area contributed by atoms with Crippen LogP contribution in [-0.2, 0) is 16.0 Å². The second-order valence-corrected chi connectivity index (χ2v) is 13.3. The number of allylic oxidation sites excluding steroid dienone is 1. The van der Waals surface area contributed by atoms with E-state index in [0.29, 0.717) is 11.5 Å². The minimum Gasteiger partial charge on any atom is -0.438 e. The summed E-state index contributed by atoms with van der Waals surface area (Å²) in [5.41, 5.74) is -0.525. The van der Waals surface area contributed by atoms with Gasteiger partial charge in [0.25, 0.3) is 0 Å². The van der Waals surface area contributed by atoms with Gasteiger partial charge in [-0.3, -0.25) is 4.79 Å². The van der Waals surface area contributed by atoms with Gasteiger partial charge in [0.1, 0.15) is 6.10 Å². The monoisotopic (exact) mass is 535 g/mol. The number of hydrogen-bond acceptors (Lipinski definition) is 6. The van der Waals surface area contributed by atoms with Gasteiger partial charge in [-0.25, -0.2) is 4.79 Å². The molecule has 7 heteroatoms. The van der Waals surface area contributed by atoms with E-state index in [2.05, 4.69) is 19.9 Å². The minimum atomic E-state index is -2.13. The molecule has 7 nitrogen and oxygen atoms in total. The average molecular weight is 536 g/mol. The maximum Gasteiger partial charge on any atom is 0.410 e. The van der Waals surface area contributed by atoms with Crippen molar-refractivity contribution in [1.82, 2.24) is 4.90 Å². The molecule has 6 rings (SSSR count). The van der Waals surface area contributed by atoms with Gasteiger partial charge in [0.2, 0.25) is 0 Å². The number of aliphatic hydroxyl groups is 3. The van der Waals surface area contributed by atoms with Crippen molar-refractivity contribution in [2.24, 2.45) is 34.5 Å². The van der Waals surface area contributed by atoms with Gasteiger partial charge in [-0.2, -0.15) is 0 Å². The van der Waals surface area contributed by atoms with Crippen LogP contribution in [0, 0.1) is 34.5 Å². The predicted molar refractivity (Wildman–Crippen MR) is 146 cm³/mol. The summed E-state index contributed by atoms with van der Waals surface area (Å²) in [5, 5.41) is 34.6. The number of fused-ring (bicyclic) bond motifs is 4. The molecule has 0 aliphatic heterocycles. The van der Waals surface area contributed by atoms with E-state index in [-0.39, 0.29) is 34.6 Å². The molecule has 0 radical (unpaired) electrons. The molecule has 9 atom stereocenters. The summed E-state index contributed by atoms with van der Waals surface area (Å²) in [4.78, 5) is 29.8. The van der Waals surface area contributed by atoms with E-state index in [4.69, 9.17) is 4.74 Å². The third-order valence-corrected chi connectivity index (χ3v) is 11.2. The molecule has 210 valence electrons. The Morgan fingerprint density at radius 3 is 2.67 bits per heavy atom. The second kappa shape index (κ2) is 8.76. The third-order valence-electron chi connectivity index (χ3n) is 11.2. The molecule has 2 fully saturated rings. The molecule has 0 heterocycles. The number of benzene rings is 1. The number of nitrogens with zero attached hydrogens (tertiary/aromatic N) is 1. The number of aryl methyl sites for hydroxylation is 1. The van der Waals surface area contributed by atoms with Crippen LogP contribution in [0.15, 0.2) is 47.6 Å². The standard InChI is InChI=1S/C32H41NO6/c1-17-15-31-18(2)13-23-25(30(23,3)4)22(27(31)36)14-20(16-34)26(35)32(31,38)28(17)39-29(37)33(5)24-12-8-10-19-9-6-7-11-21(19)24/h6-7,9,11,14-15,18,22-26,28,34-35,38H,8,10,12-13,16H2,1-5H3/t18?,22-,23+,24?,25-,26+,28-,31?,32-/m0/s1. The maximum atomic E-state index is 14.5. The third kappa shape index (κ3) is 3.39. The number of aliphatic hydroxyl groups excluding tert-OH is 2. The van der Waals surface area contributed by atoms with Crippen molar-refractivity contribution in [1.29, 1.82) is 0 Å². The summed E-state index contributed by atoms with van der Waals surface area (Å²) < 4.78 is 6.10. The van der Waals surface area contributed by atoms with Gasteiger partial charge in [0.05, 0.1) is 18.1 Å². The molecular formula is C32H41NO6. The summed E-state index contributed by atoms with van der Waals surface area (Å²) in [5.74, 6) is -0.594. The van der Waals surface area contributed by atoms with Gasteiger partial charge in [-0.1, -0.05) is 57.2 Å². The Hall–Kier alpha value is -2.48. The smallest absolute Gasteiger partial charge is 0.410 e. The van der Waals surface area contributed by atoms with E-state index < -0.39 is 41.8 Å². The molecule has 1 spiro atoms. The predicted octanol–water partition coefficient (Wildman–Crippen LogP) is 3.97. The highest BCUT2D eigenvalue weighted by atomic mass is 16.6. The number of ketones is 1. The number of hydrogen-bond donors (Lipinski definition) is 3. The van der Waals surface area contributed by atoms with Crippen molar-refractivity contribution in [3.05, 3.63) is 58.7 Å². The van der Waals surface area contributed by atoms with Gasteiger partial charge in [-0.15, -0.1) is 0 Å². The van der Waals surface area contributed by atoms with Crippen LogP contribution in [0.3, 0.4) is 0 Å². The lowest BCUT2D eigenvalue weighted by atomic mass is 9.59. The number of rotatable bonds is 3. The number of ether oxygens (including phenoxy) is 1. The van der Waals surface area contributed by atoms with Gasteiger partial charge in [0, 0.05) is 13.0 Å². The molecule has 0 saturated heterocycles.